The Morgan fingerprint density at radius 2 is 2.14 bits per heavy atom. The van der Waals surface area contributed by atoms with E-state index in [1.807, 2.05) is 4.98 Å². The van der Waals surface area contributed by atoms with Crippen molar-refractivity contribution in [3.63, 3.8) is 0 Å². The molecule has 0 amide bonds. The number of H-pyrrole nitrogens is 1. The molecule has 2 heterocycles. The molecule has 1 aliphatic heterocycles. The molecule has 118 valence electrons. The Kier molecular flexibility index (Phi) is 4.73. The zero-order chi connectivity index (χ0) is 15.8. The van der Waals surface area contributed by atoms with E-state index in [-0.39, 0.29) is 0 Å². The number of phosphoric ester groups is 1. The number of phosphoric acid groups is 1. The van der Waals surface area contributed by atoms with Gasteiger partial charge in [0.15, 0.2) is 6.23 Å². The van der Waals surface area contributed by atoms with Gasteiger partial charge in [-0.2, -0.15) is 12.6 Å². The molecule has 0 aromatic carbocycles. The molecule has 1 aromatic rings. The largest absolute Gasteiger partial charge is 0.469 e. The van der Waals surface area contributed by atoms with Gasteiger partial charge in [0.1, 0.15) is 6.10 Å². The topological polar surface area (TPSA) is 151 Å². The monoisotopic (exact) mass is 340 g/mol. The van der Waals surface area contributed by atoms with Crippen molar-refractivity contribution in [3.05, 3.63) is 33.1 Å². The second-order valence-corrected chi connectivity index (χ2v) is 6.19. The highest BCUT2D eigenvalue weighted by Crippen LogP contribution is 2.39. The summed E-state index contributed by atoms with van der Waals surface area (Å²) in [6, 6.07) is 1.09. The average molecular weight is 340 g/mol. The molecule has 1 saturated heterocycles. The standard InChI is InChI=1S/C9H13N2O8PS/c12-5-1-2-11(9(14)10-5)8-7(21)6(13)4(19-8)3-18-20(15,16)17/h1-2,4,6-8,13,21H,3H2,(H,10,12,14)(H2,15,16,17)/t4-,6-,7-,8-/m1/s1. The second kappa shape index (κ2) is 6.05. The number of nitrogens with one attached hydrogen (secondary N) is 1. The minimum Gasteiger partial charge on any atom is -0.389 e. The second-order valence-electron chi connectivity index (χ2n) is 4.35. The van der Waals surface area contributed by atoms with E-state index in [2.05, 4.69) is 17.2 Å². The number of rotatable bonds is 4. The molecule has 12 heteroatoms. The summed E-state index contributed by atoms with van der Waals surface area (Å²) in [4.78, 5) is 41.9. The van der Waals surface area contributed by atoms with E-state index in [1.54, 1.807) is 0 Å². The summed E-state index contributed by atoms with van der Waals surface area (Å²) in [5, 5.41) is 9.06. The highest BCUT2D eigenvalue weighted by molar-refractivity contribution is 7.81. The Bertz CT molecular complexity index is 668. The molecule has 21 heavy (non-hydrogen) atoms. The van der Waals surface area contributed by atoms with Crippen molar-refractivity contribution < 1.29 is 28.7 Å². The molecular weight excluding hydrogens is 327 g/mol. The van der Waals surface area contributed by atoms with Crippen LogP contribution >= 0.6 is 20.5 Å². The highest BCUT2D eigenvalue weighted by Gasteiger charge is 2.43. The zero-order valence-corrected chi connectivity index (χ0v) is 12.2. The van der Waals surface area contributed by atoms with Gasteiger partial charge < -0.3 is 19.6 Å². The van der Waals surface area contributed by atoms with E-state index in [0.717, 1.165) is 10.6 Å². The first-order valence-electron chi connectivity index (χ1n) is 5.72. The van der Waals surface area contributed by atoms with E-state index < -0.39 is 49.4 Å². The average Bonchev–Trinajstić information content (AvgIpc) is 2.64. The molecule has 1 fully saturated rings. The van der Waals surface area contributed by atoms with Crippen LogP contribution in [0.5, 0.6) is 0 Å². The summed E-state index contributed by atoms with van der Waals surface area (Å²) >= 11 is 4.12. The number of aliphatic hydroxyl groups excluding tert-OH is 1. The first kappa shape index (κ1) is 16.4. The van der Waals surface area contributed by atoms with Gasteiger partial charge in [0.25, 0.3) is 5.56 Å². The summed E-state index contributed by atoms with van der Waals surface area (Å²) in [6.45, 7) is -0.572. The van der Waals surface area contributed by atoms with Crippen LogP contribution in [0.1, 0.15) is 6.23 Å². The van der Waals surface area contributed by atoms with Crippen molar-refractivity contribution in [3.8, 4) is 0 Å². The Labute approximate surface area is 123 Å². The van der Waals surface area contributed by atoms with E-state index >= 15 is 0 Å². The number of aromatic amines is 1. The summed E-state index contributed by atoms with van der Waals surface area (Å²) in [7, 11) is -4.70. The smallest absolute Gasteiger partial charge is 0.389 e. The van der Waals surface area contributed by atoms with Gasteiger partial charge in [-0.3, -0.25) is 18.9 Å². The van der Waals surface area contributed by atoms with Crippen LogP contribution in [0.3, 0.4) is 0 Å². The number of ether oxygens (including phenoxy) is 1. The van der Waals surface area contributed by atoms with E-state index in [0.29, 0.717) is 0 Å². The molecule has 10 nitrogen and oxygen atoms in total. The number of aromatic nitrogens is 2. The molecule has 1 aromatic heterocycles. The van der Waals surface area contributed by atoms with Crippen LogP contribution in [0.25, 0.3) is 0 Å². The van der Waals surface area contributed by atoms with Crippen LogP contribution in [0.2, 0.25) is 0 Å². The van der Waals surface area contributed by atoms with Crippen LogP contribution in [0, 0.1) is 0 Å². The van der Waals surface area contributed by atoms with Gasteiger partial charge in [0.05, 0.1) is 18.0 Å². The van der Waals surface area contributed by atoms with Crippen molar-refractivity contribution in [1.29, 1.82) is 0 Å². The van der Waals surface area contributed by atoms with Crippen LogP contribution in [-0.2, 0) is 13.8 Å². The Morgan fingerprint density at radius 3 is 2.71 bits per heavy atom. The third-order valence-corrected chi connectivity index (χ3v) is 3.92. The zero-order valence-electron chi connectivity index (χ0n) is 10.4. The minimum absolute atomic E-state index is 0.572. The summed E-state index contributed by atoms with van der Waals surface area (Å²) in [6.07, 6.45) is -2.14. The quantitative estimate of drug-likeness (QED) is 0.318. The maximum absolute atomic E-state index is 11.7. The van der Waals surface area contributed by atoms with Crippen LogP contribution in [-0.4, -0.2) is 48.5 Å². The molecule has 0 aliphatic carbocycles. The lowest BCUT2D eigenvalue weighted by Gasteiger charge is -2.17. The van der Waals surface area contributed by atoms with E-state index in [4.69, 9.17) is 14.5 Å². The summed E-state index contributed by atoms with van der Waals surface area (Å²) < 4.78 is 21.3. The fraction of sp³-hybridized carbons (Fsp3) is 0.556. The lowest BCUT2D eigenvalue weighted by atomic mass is 10.2. The van der Waals surface area contributed by atoms with Gasteiger partial charge in [0.2, 0.25) is 0 Å². The molecule has 4 N–H and O–H groups in total. The Hall–Kier alpha value is -0.940. The van der Waals surface area contributed by atoms with Crippen molar-refractivity contribution in [2.45, 2.75) is 23.7 Å². The van der Waals surface area contributed by atoms with Gasteiger partial charge >= 0.3 is 13.5 Å². The predicted octanol–water partition coefficient (Wildman–Crippen LogP) is -1.80. The van der Waals surface area contributed by atoms with Crippen molar-refractivity contribution in [2.24, 2.45) is 0 Å². The molecular formula is C9H13N2O8PS. The molecule has 0 saturated carbocycles. The molecule has 0 bridgehead atoms. The summed E-state index contributed by atoms with van der Waals surface area (Å²) in [5.41, 5.74) is -1.35. The fourth-order valence-corrected chi connectivity index (χ4v) is 2.64. The molecule has 4 atom stereocenters. The number of nitrogens with zero attached hydrogens (tertiary/aromatic N) is 1. The van der Waals surface area contributed by atoms with E-state index in [9.17, 15) is 19.3 Å². The minimum atomic E-state index is -4.70. The molecule has 2 rings (SSSR count). The maximum atomic E-state index is 11.7. The molecule has 0 spiro atoms. The van der Waals surface area contributed by atoms with E-state index in [1.165, 1.54) is 6.20 Å². The van der Waals surface area contributed by atoms with Gasteiger partial charge in [-0.15, -0.1) is 0 Å². The van der Waals surface area contributed by atoms with Crippen molar-refractivity contribution in [1.82, 2.24) is 9.55 Å². The Balaban J connectivity index is 2.18. The van der Waals surface area contributed by atoms with Gasteiger partial charge in [-0.1, -0.05) is 0 Å². The first-order valence-corrected chi connectivity index (χ1v) is 7.77. The SMILES string of the molecule is O=c1ccn([C@@H]2O[C@H](COP(=O)(O)O)[C@@H](O)[C@H]2S)c(=O)[nH]1. The summed E-state index contributed by atoms with van der Waals surface area (Å²) in [5.74, 6) is 0. The number of thiol groups is 1. The fourth-order valence-electron chi connectivity index (χ4n) is 1.89. The normalized spacial score (nSPS) is 29.7. The third kappa shape index (κ3) is 3.83. The van der Waals surface area contributed by atoms with Crippen LogP contribution < -0.4 is 11.2 Å². The first-order chi connectivity index (χ1) is 9.69. The molecule has 1 aliphatic rings. The number of hydrogen-bond acceptors (Lipinski definition) is 7. The lowest BCUT2D eigenvalue weighted by molar-refractivity contribution is -0.0448. The highest BCUT2D eigenvalue weighted by atomic mass is 32.1. The number of hydrogen-bond donors (Lipinski definition) is 5. The van der Waals surface area contributed by atoms with Crippen molar-refractivity contribution in [2.75, 3.05) is 6.61 Å². The number of aliphatic hydroxyl groups is 1. The predicted molar refractivity (Wildman–Crippen MR) is 72.0 cm³/mol. The van der Waals surface area contributed by atoms with Crippen LogP contribution in [0.15, 0.2) is 21.9 Å². The third-order valence-electron chi connectivity index (χ3n) is 2.87. The van der Waals surface area contributed by atoms with Crippen molar-refractivity contribution >= 4 is 20.5 Å². The molecule has 0 unspecified atom stereocenters. The maximum Gasteiger partial charge on any atom is 0.469 e. The lowest BCUT2D eigenvalue weighted by Crippen LogP contribution is -2.35. The van der Waals surface area contributed by atoms with Gasteiger partial charge in [-0.05, 0) is 0 Å². The van der Waals surface area contributed by atoms with Gasteiger partial charge in [0, 0.05) is 12.3 Å². The Morgan fingerprint density at radius 1 is 1.48 bits per heavy atom. The van der Waals surface area contributed by atoms with Gasteiger partial charge in [-0.25, -0.2) is 9.36 Å². The van der Waals surface area contributed by atoms with Crippen LogP contribution in [0.4, 0.5) is 0 Å². The molecule has 0 radical (unpaired) electrons.